The van der Waals surface area contributed by atoms with Crippen LogP contribution in [-0.2, 0) is 4.74 Å². The summed E-state index contributed by atoms with van der Waals surface area (Å²) in [6.07, 6.45) is 1.62. The molecule has 0 aromatic heterocycles. The summed E-state index contributed by atoms with van der Waals surface area (Å²) >= 11 is 0. The summed E-state index contributed by atoms with van der Waals surface area (Å²) in [6.45, 7) is 9.88. The van der Waals surface area contributed by atoms with E-state index >= 15 is 0 Å². The van der Waals surface area contributed by atoms with E-state index in [0.29, 0.717) is 18.2 Å². The van der Waals surface area contributed by atoms with E-state index in [9.17, 15) is 0 Å². The van der Waals surface area contributed by atoms with Crippen LogP contribution in [0.2, 0.25) is 0 Å². The van der Waals surface area contributed by atoms with Gasteiger partial charge < -0.3 is 19.9 Å². The first-order valence-electron chi connectivity index (χ1n) is 7.30. The summed E-state index contributed by atoms with van der Waals surface area (Å²) in [4.78, 5) is 4.82. The van der Waals surface area contributed by atoms with Crippen LogP contribution in [0.4, 0.5) is 0 Å². The van der Waals surface area contributed by atoms with Crippen LogP contribution in [0.3, 0.4) is 0 Å². The highest BCUT2D eigenvalue weighted by Gasteiger charge is 2.29. The molecule has 0 radical (unpaired) electrons. The number of nitrogens with one attached hydrogen (secondary N) is 1. The molecule has 4 heteroatoms. The topological polar surface area (TPSA) is 27.7 Å². The molecule has 0 spiro atoms. The Labute approximate surface area is 112 Å². The van der Waals surface area contributed by atoms with E-state index in [2.05, 4.69) is 43.1 Å². The molecule has 0 amide bonds. The molecular formula is C14H29N3O. The van der Waals surface area contributed by atoms with Gasteiger partial charge in [-0.15, -0.1) is 0 Å². The van der Waals surface area contributed by atoms with Gasteiger partial charge in [-0.05, 0) is 33.4 Å². The number of hydrogen-bond acceptors (Lipinski definition) is 4. The summed E-state index contributed by atoms with van der Waals surface area (Å²) in [5.74, 6) is 0.729. The Balaban J connectivity index is 1.75. The van der Waals surface area contributed by atoms with Crippen LogP contribution in [0.25, 0.3) is 0 Å². The first kappa shape index (κ1) is 14.3. The van der Waals surface area contributed by atoms with Gasteiger partial charge in [0.25, 0.3) is 0 Å². The molecule has 2 aliphatic rings. The summed E-state index contributed by atoms with van der Waals surface area (Å²) < 4.78 is 5.81. The Morgan fingerprint density at radius 2 is 2.00 bits per heavy atom. The van der Waals surface area contributed by atoms with Crippen molar-refractivity contribution in [3.05, 3.63) is 0 Å². The second-order valence-corrected chi connectivity index (χ2v) is 6.27. The monoisotopic (exact) mass is 255 g/mol. The molecule has 0 aromatic carbocycles. The van der Waals surface area contributed by atoms with Gasteiger partial charge in [-0.25, -0.2) is 0 Å². The maximum Gasteiger partial charge on any atom is 0.0826 e. The Hall–Kier alpha value is -0.160. The zero-order chi connectivity index (χ0) is 13.1. The minimum Gasteiger partial charge on any atom is -0.374 e. The average Bonchev–Trinajstić information content (AvgIpc) is 2.32. The number of rotatable bonds is 3. The first-order chi connectivity index (χ1) is 8.56. The van der Waals surface area contributed by atoms with Crippen molar-refractivity contribution in [1.82, 2.24) is 15.1 Å². The molecule has 4 nitrogen and oxygen atoms in total. The summed E-state index contributed by atoms with van der Waals surface area (Å²) in [5, 5.41) is 3.73. The predicted octanol–water partition coefficient (Wildman–Crippen LogP) is 0.635. The minimum absolute atomic E-state index is 0.367. The number of piperidine rings is 1. The largest absolute Gasteiger partial charge is 0.374 e. The van der Waals surface area contributed by atoms with Gasteiger partial charge >= 0.3 is 0 Å². The third kappa shape index (κ3) is 3.67. The summed E-state index contributed by atoms with van der Waals surface area (Å²) in [7, 11) is 4.41. The van der Waals surface area contributed by atoms with Gasteiger partial charge in [-0.1, -0.05) is 6.92 Å². The number of nitrogens with zero attached hydrogens (tertiary/aromatic N) is 2. The molecule has 2 rings (SSSR count). The Morgan fingerprint density at radius 3 is 2.72 bits per heavy atom. The third-order valence-corrected chi connectivity index (χ3v) is 4.56. The number of hydrogen-bond donors (Lipinski definition) is 1. The molecule has 0 aromatic rings. The fourth-order valence-electron chi connectivity index (χ4n) is 3.10. The smallest absolute Gasteiger partial charge is 0.0826 e. The quantitative estimate of drug-likeness (QED) is 0.801. The van der Waals surface area contributed by atoms with Crippen molar-refractivity contribution < 1.29 is 4.74 Å². The first-order valence-corrected chi connectivity index (χ1v) is 7.30. The Kier molecular flexibility index (Phi) is 5.01. The summed E-state index contributed by atoms with van der Waals surface area (Å²) in [5.41, 5.74) is 0. The van der Waals surface area contributed by atoms with Crippen LogP contribution in [0.15, 0.2) is 0 Å². The summed E-state index contributed by atoms with van der Waals surface area (Å²) in [6, 6.07) is 1.33. The maximum absolute atomic E-state index is 5.81. The molecule has 4 atom stereocenters. The van der Waals surface area contributed by atoms with Gasteiger partial charge in [-0.2, -0.15) is 0 Å². The molecule has 1 N–H and O–H groups in total. The molecule has 4 unspecified atom stereocenters. The van der Waals surface area contributed by atoms with Crippen molar-refractivity contribution in [2.75, 3.05) is 46.9 Å². The van der Waals surface area contributed by atoms with Crippen LogP contribution in [0.1, 0.15) is 20.3 Å². The number of likely N-dealkylation sites (N-methyl/N-ethyl adjacent to an activating group) is 1. The second-order valence-electron chi connectivity index (χ2n) is 6.27. The van der Waals surface area contributed by atoms with Crippen molar-refractivity contribution in [3.63, 3.8) is 0 Å². The number of morpholine rings is 1. The molecular weight excluding hydrogens is 226 g/mol. The van der Waals surface area contributed by atoms with Crippen LogP contribution < -0.4 is 5.32 Å². The van der Waals surface area contributed by atoms with Crippen LogP contribution in [-0.4, -0.2) is 74.9 Å². The second kappa shape index (κ2) is 6.33. The van der Waals surface area contributed by atoms with Gasteiger partial charge in [0.2, 0.25) is 0 Å². The zero-order valence-electron chi connectivity index (χ0n) is 12.4. The molecule has 0 bridgehead atoms. The molecule has 2 fully saturated rings. The number of ether oxygens (including phenoxy) is 1. The fourth-order valence-corrected chi connectivity index (χ4v) is 3.10. The molecule has 0 aliphatic carbocycles. The zero-order valence-corrected chi connectivity index (χ0v) is 12.4. The highest BCUT2D eigenvalue weighted by molar-refractivity contribution is 4.87. The van der Waals surface area contributed by atoms with Crippen LogP contribution in [0, 0.1) is 5.92 Å². The highest BCUT2D eigenvalue weighted by atomic mass is 16.5. The van der Waals surface area contributed by atoms with Crippen molar-refractivity contribution in [2.24, 2.45) is 5.92 Å². The lowest BCUT2D eigenvalue weighted by Crippen LogP contribution is -2.53. The van der Waals surface area contributed by atoms with E-state index in [1.165, 1.54) is 13.0 Å². The van der Waals surface area contributed by atoms with E-state index in [1.54, 1.807) is 0 Å². The Morgan fingerprint density at radius 1 is 1.22 bits per heavy atom. The average molecular weight is 255 g/mol. The molecule has 2 saturated heterocycles. The van der Waals surface area contributed by atoms with E-state index in [4.69, 9.17) is 4.74 Å². The van der Waals surface area contributed by atoms with Crippen LogP contribution >= 0.6 is 0 Å². The van der Waals surface area contributed by atoms with E-state index in [0.717, 1.165) is 32.2 Å². The Bertz CT molecular complexity index is 261. The lowest BCUT2D eigenvalue weighted by atomic mass is 9.90. The van der Waals surface area contributed by atoms with Gasteiger partial charge in [0.15, 0.2) is 0 Å². The fraction of sp³-hybridized carbons (Fsp3) is 1.00. The molecule has 2 aliphatic heterocycles. The number of likely N-dealkylation sites (tertiary alicyclic amines) is 1. The van der Waals surface area contributed by atoms with Crippen molar-refractivity contribution in [3.8, 4) is 0 Å². The van der Waals surface area contributed by atoms with Crippen molar-refractivity contribution in [2.45, 2.75) is 38.5 Å². The van der Waals surface area contributed by atoms with E-state index in [1.807, 2.05) is 0 Å². The molecule has 106 valence electrons. The predicted molar refractivity (Wildman–Crippen MR) is 74.9 cm³/mol. The van der Waals surface area contributed by atoms with Crippen LogP contribution in [0.5, 0.6) is 0 Å². The SMILES string of the molecule is CC1CN(C)C(C)CC1NCC1CN(C)CCO1. The van der Waals surface area contributed by atoms with Gasteiger partial charge in [-0.3, -0.25) is 0 Å². The van der Waals surface area contributed by atoms with E-state index in [-0.39, 0.29) is 0 Å². The molecule has 18 heavy (non-hydrogen) atoms. The lowest BCUT2D eigenvalue weighted by molar-refractivity contribution is -0.0219. The minimum atomic E-state index is 0.367. The van der Waals surface area contributed by atoms with Crippen molar-refractivity contribution in [1.29, 1.82) is 0 Å². The normalized spacial score (nSPS) is 40.0. The third-order valence-electron chi connectivity index (χ3n) is 4.56. The molecule has 2 heterocycles. The standard InChI is InChI=1S/C14H29N3O/c1-11-9-17(4)12(2)7-14(11)15-8-13-10-16(3)5-6-18-13/h11-15H,5-10H2,1-4H3. The van der Waals surface area contributed by atoms with Gasteiger partial charge in [0.05, 0.1) is 12.7 Å². The van der Waals surface area contributed by atoms with Gasteiger partial charge in [0.1, 0.15) is 0 Å². The van der Waals surface area contributed by atoms with E-state index < -0.39 is 0 Å². The maximum atomic E-state index is 5.81. The van der Waals surface area contributed by atoms with Gasteiger partial charge in [0, 0.05) is 38.3 Å². The highest BCUT2D eigenvalue weighted by Crippen LogP contribution is 2.20. The lowest BCUT2D eigenvalue weighted by Gasteiger charge is -2.41. The van der Waals surface area contributed by atoms with Crippen molar-refractivity contribution >= 4 is 0 Å². The molecule has 0 saturated carbocycles.